The summed E-state index contributed by atoms with van der Waals surface area (Å²) in [5, 5.41) is 2.75. The summed E-state index contributed by atoms with van der Waals surface area (Å²) in [5.74, 6) is -1.39. The molecular formula is C14H9Cl2N2O2. The SMILES string of the molecule is [NH]C(=O)c1cc(Cl)c(C(=O)Nc2ccccc2)cc1Cl. The lowest BCUT2D eigenvalue weighted by atomic mass is 10.1. The largest absolute Gasteiger partial charge is 0.322 e. The Kier molecular flexibility index (Phi) is 4.27. The Balaban J connectivity index is 2.31. The van der Waals surface area contributed by atoms with Crippen LogP contribution in [0.4, 0.5) is 5.69 Å². The summed E-state index contributed by atoms with van der Waals surface area (Å²) < 4.78 is 0. The number of carbonyl (C=O) groups is 2. The van der Waals surface area contributed by atoms with Crippen LogP contribution in [0.2, 0.25) is 10.0 Å². The van der Waals surface area contributed by atoms with E-state index < -0.39 is 11.8 Å². The van der Waals surface area contributed by atoms with Crippen LogP contribution in [0, 0.1) is 0 Å². The molecule has 0 fully saturated rings. The molecule has 0 aliphatic rings. The van der Waals surface area contributed by atoms with E-state index in [1.807, 2.05) is 6.07 Å². The molecule has 0 bridgehead atoms. The van der Waals surface area contributed by atoms with Crippen molar-refractivity contribution in [3.8, 4) is 0 Å². The summed E-state index contributed by atoms with van der Waals surface area (Å²) >= 11 is 11.8. The van der Waals surface area contributed by atoms with E-state index in [0.29, 0.717) is 5.69 Å². The van der Waals surface area contributed by atoms with Crippen LogP contribution in [0.3, 0.4) is 0 Å². The highest BCUT2D eigenvalue weighted by atomic mass is 35.5. The molecule has 0 aliphatic heterocycles. The number of carbonyl (C=O) groups excluding carboxylic acids is 2. The maximum atomic E-state index is 12.1. The highest BCUT2D eigenvalue weighted by Gasteiger charge is 2.16. The van der Waals surface area contributed by atoms with Crippen LogP contribution < -0.4 is 11.1 Å². The molecule has 0 spiro atoms. The quantitative estimate of drug-likeness (QED) is 0.939. The number of hydrogen-bond donors (Lipinski definition) is 1. The maximum Gasteiger partial charge on any atom is 0.271 e. The lowest BCUT2D eigenvalue weighted by Crippen LogP contribution is -2.13. The second-order valence-electron chi connectivity index (χ2n) is 3.96. The standard InChI is InChI=1S/C14H9Cl2N2O2/c15-11-7-10(12(16)6-9(11)13(17)19)14(20)18-8-4-2-1-3-5-8/h1-7,17H,(H,18,20). The van der Waals surface area contributed by atoms with Crippen molar-refractivity contribution in [2.24, 2.45) is 0 Å². The first kappa shape index (κ1) is 14.4. The van der Waals surface area contributed by atoms with Crippen LogP contribution in [0.1, 0.15) is 20.7 Å². The van der Waals surface area contributed by atoms with Gasteiger partial charge in [0.15, 0.2) is 0 Å². The van der Waals surface area contributed by atoms with Gasteiger partial charge < -0.3 is 5.32 Å². The van der Waals surface area contributed by atoms with Crippen LogP contribution >= 0.6 is 23.2 Å². The lowest BCUT2D eigenvalue weighted by molar-refractivity contribution is 0.0988. The van der Waals surface area contributed by atoms with Crippen LogP contribution in [0.5, 0.6) is 0 Å². The first-order valence-corrected chi connectivity index (χ1v) is 6.36. The molecule has 20 heavy (non-hydrogen) atoms. The van der Waals surface area contributed by atoms with Crippen molar-refractivity contribution in [1.29, 1.82) is 0 Å². The number of amides is 2. The second-order valence-corrected chi connectivity index (χ2v) is 4.78. The molecule has 1 radical (unpaired) electrons. The van der Waals surface area contributed by atoms with E-state index in [2.05, 4.69) is 5.32 Å². The van der Waals surface area contributed by atoms with Gasteiger partial charge in [-0.05, 0) is 24.3 Å². The van der Waals surface area contributed by atoms with Crippen molar-refractivity contribution in [3.63, 3.8) is 0 Å². The van der Waals surface area contributed by atoms with Gasteiger partial charge >= 0.3 is 0 Å². The van der Waals surface area contributed by atoms with Gasteiger partial charge in [0, 0.05) is 5.69 Å². The van der Waals surface area contributed by atoms with E-state index >= 15 is 0 Å². The van der Waals surface area contributed by atoms with Crippen molar-refractivity contribution in [2.45, 2.75) is 0 Å². The van der Waals surface area contributed by atoms with Crippen LogP contribution in [-0.2, 0) is 0 Å². The van der Waals surface area contributed by atoms with Crippen molar-refractivity contribution in [1.82, 2.24) is 5.73 Å². The van der Waals surface area contributed by atoms with Gasteiger partial charge in [0.1, 0.15) is 0 Å². The minimum Gasteiger partial charge on any atom is -0.322 e. The molecule has 2 aromatic carbocycles. The number of para-hydroxylation sites is 1. The van der Waals surface area contributed by atoms with Gasteiger partial charge in [-0.2, -0.15) is 0 Å². The first-order valence-electron chi connectivity index (χ1n) is 5.60. The zero-order valence-corrected chi connectivity index (χ0v) is 11.6. The molecule has 0 aromatic heterocycles. The predicted octanol–water partition coefficient (Wildman–Crippen LogP) is 3.67. The minimum atomic E-state index is -0.952. The monoisotopic (exact) mass is 307 g/mol. The number of anilines is 1. The molecule has 2 N–H and O–H groups in total. The predicted molar refractivity (Wildman–Crippen MR) is 78.3 cm³/mol. The summed E-state index contributed by atoms with van der Waals surface area (Å²) in [6.07, 6.45) is 0. The molecule has 0 atom stereocenters. The number of benzene rings is 2. The summed E-state index contributed by atoms with van der Waals surface area (Å²) in [5.41, 5.74) is 7.76. The molecule has 6 heteroatoms. The van der Waals surface area contributed by atoms with Crippen molar-refractivity contribution in [2.75, 3.05) is 5.32 Å². The van der Waals surface area contributed by atoms with Crippen molar-refractivity contribution in [3.05, 3.63) is 63.6 Å². The molecule has 2 rings (SSSR count). The van der Waals surface area contributed by atoms with E-state index in [0.717, 1.165) is 0 Å². The molecule has 2 aromatic rings. The highest BCUT2D eigenvalue weighted by Crippen LogP contribution is 2.26. The fourth-order valence-corrected chi connectivity index (χ4v) is 2.11. The molecular weight excluding hydrogens is 299 g/mol. The number of nitrogens with one attached hydrogen (secondary N) is 2. The average Bonchev–Trinajstić information content (AvgIpc) is 2.41. The third-order valence-corrected chi connectivity index (χ3v) is 3.20. The van der Waals surface area contributed by atoms with Gasteiger partial charge in [-0.25, -0.2) is 0 Å². The summed E-state index contributed by atoms with van der Waals surface area (Å²) in [4.78, 5) is 23.1. The fraction of sp³-hybridized carbons (Fsp3) is 0. The zero-order chi connectivity index (χ0) is 14.7. The Hall–Kier alpha value is -2.04. The van der Waals surface area contributed by atoms with Gasteiger partial charge in [0.2, 0.25) is 0 Å². The van der Waals surface area contributed by atoms with E-state index in [1.165, 1.54) is 12.1 Å². The van der Waals surface area contributed by atoms with Gasteiger partial charge in [-0.3, -0.25) is 15.3 Å². The van der Waals surface area contributed by atoms with E-state index in [4.69, 9.17) is 28.9 Å². The van der Waals surface area contributed by atoms with Crippen LogP contribution in [-0.4, -0.2) is 11.8 Å². The number of halogens is 2. The Morgan fingerprint density at radius 1 is 0.950 bits per heavy atom. The normalized spacial score (nSPS) is 10.1. The maximum absolute atomic E-state index is 12.1. The summed E-state index contributed by atoms with van der Waals surface area (Å²) in [7, 11) is 0. The van der Waals surface area contributed by atoms with E-state index in [-0.39, 0.29) is 21.2 Å². The zero-order valence-electron chi connectivity index (χ0n) is 10.1. The second kappa shape index (κ2) is 5.94. The average molecular weight is 308 g/mol. The van der Waals surface area contributed by atoms with Gasteiger partial charge in [-0.15, -0.1) is 0 Å². The van der Waals surface area contributed by atoms with Crippen molar-refractivity contribution < 1.29 is 9.59 Å². The Morgan fingerprint density at radius 3 is 2.10 bits per heavy atom. The topological polar surface area (TPSA) is 70.0 Å². The summed E-state index contributed by atoms with van der Waals surface area (Å²) in [6, 6.07) is 11.4. The Bertz CT molecular complexity index is 672. The van der Waals surface area contributed by atoms with Crippen LogP contribution in [0.25, 0.3) is 0 Å². The molecule has 0 heterocycles. The van der Waals surface area contributed by atoms with Gasteiger partial charge in [0.25, 0.3) is 11.8 Å². The number of hydrogen-bond acceptors (Lipinski definition) is 2. The van der Waals surface area contributed by atoms with Gasteiger partial charge in [-0.1, -0.05) is 41.4 Å². The smallest absolute Gasteiger partial charge is 0.271 e. The van der Waals surface area contributed by atoms with Crippen LogP contribution in [0.15, 0.2) is 42.5 Å². The molecule has 101 valence electrons. The van der Waals surface area contributed by atoms with Gasteiger partial charge in [0.05, 0.1) is 21.2 Å². The Labute approximate surface area is 125 Å². The third kappa shape index (κ3) is 3.10. The lowest BCUT2D eigenvalue weighted by Gasteiger charge is -2.08. The first-order chi connectivity index (χ1) is 9.49. The van der Waals surface area contributed by atoms with E-state index in [1.54, 1.807) is 24.3 Å². The van der Waals surface area contributed by atoms with Crippen molar-refractivity contribution >= 4 is 40.7 Å². The molecule has 0 saturated heterocycles. The third-order valence-electron chi connectivity index (χ3n) is 2.58. The molecule has 0 saturated carbocycles. The fourth-order valence-electron chi connectivity index (χ4n) is 1.61. The molecule has 4 nitrogen and oxygen atoms in total. The van der Waals surface area contributed by atoms with E-state index in [9.17, 15) is 9.59 Å². The highest BCUT2D eigenvalue weighted by molar-refractivity contribution is 6.38. The molecule has 2 amide bonds. The molecule has 0 unspecified atom stereocenters. The minimum absolute atomic E-state index is 0.0209. The number of rotatable bonds is 3. The summed E-state index contributed by atoms with van der Waals surface area (Å²) in [6.45, 7) is 0. The molecule has 0 aliphatic carbocycles. The Morgan fingerprint density at radius 2 is 1.50 bits per heavy atom.